The second-order valence-electron chi connectivity index (χ2n) is 6.88. The zero-order valence-electron chi connectivity index (χ0n) is 15.4. The number of halogens is 1. The predicted molar refractivity (Wildman–Crippen MR) is 106 cm³/mol. The minimum atomic E-state index is -0.369. The van der Waals surface area contributed by atoms with Crippen molar-refractivity contribution >= 4 is 29.1 Å². The molecule has 0 radical (unpaired) electrons. The van der Waals surface area contributed by atoms with Crippen molar-refractivity contribution in [1.29, 1.82) is 0 Å². The van der Waals surface area contributed by atoms with E-state index in [1.807, 2.05) is 56.3 Å². The Labute approximate surface area is 164 Å². The molecule has 1 saturated heterocycles. The van der Waals surface area contributed by atoms with Crippen molar-refractivity contribution in [3.8, 4) is 5.75 Å². The SMILES string of the molecule is CC(C)Oc1ccc(N2C[C@@H](C(=O)NCc3ccccc3Cl)CC2=O)cc1. The molecule has 142 valence electrons. The zero-order valence-corrected chi connectivity index (χ0v) is 16.2. The number of nitrogens with one attached hydrogen (secondary N) is 1. The molecular formula is C21H23ClN2O3. The first-order valence-corrected chi connectivity index (χ1v) is 9.40. The lowest BCUT2D eigenvalue weighted by Crippen LogP contribution is -2.32. The van der Waals surface area contributed by atoms with Crippen molar-refractivity contribution in [2.75, 3.05) is 11.4 Å². The summed E-state index contributed by atoms with van der Waals surface area (Å²) in [6.07, 6.45) is 0.300. The van der Waals surface area contributed by atoms with E-state index >= 15 is 0 Å². The molecule has 0 bridgehead atoms. The summed E-state index contributed by atoms with van der Waals surface area (Å²) in [4.78, 5) is 26.5. The first kappa shape index (κ1) is 19.2. The standard InChI is InChI=1S/C21H23ClN2O3/c1-14(2)27-18-9-7-17(8-10-18)24-13-16(11-20(24)25)21(26)23-12-15-5-3-4-6-19(15)22/h3-10,14,16H,11-13H2,1-2H3,(H,23,26)/t16-/m0/s1. The molecule has 0 unspecified atom stereocenters. The molecule has 1 heterocycles. The fourth-order valence-electron chi connectivity index (χ4n) is 3.08. The van der Waals surface area contributed by atoms with E-state index in [1.165, 1.54) is 0 Å². The highest BCUT2D eigenvalue weighted by Gasteiger charge is 2.35. The molecule has 0 aliphatic carbocycles. The van der Waals surface area contributed by atoms with Gasteiger partial charge in [-0.3, -0.25) is 9.59 Å². The van der Waals surface area contributed by atoms with Crippen LogP contribution in [0, 0.1) is 5.92 Å². The van der Waals surface area contributed by atoms with Crippen LogP contribution >= 0.6 is 11.6 Å². The second kappa shape index (κ2) is 8.44. The van der Waals surface area contributed by atoms with Gasteiger partial charge < -0.3 is 15.0 Å². The molecule has 1 N–H and O–H groups in total. The number of benzene rings is 2. The van der Waals surface area contributed by atoms with Gasteiger partial charge in [0.15, 0.2) is 0 Å². The summed E-state index contributed by atoms with van der Waals surface area (Å²) in [6.45, 7) is 4.65. The Morgan fingerprint density at radius 1 is 1.22 bits per heavy atom. The van der Waals surface area contributed by atoms with E-state index in [-0.39, 0.29) is 30.3 Å². The summed E-state index contributed by atoms with van der Waals surface area (Å²) in [7, 11) is 0. The molecule has 0 aromatic heterocycles. The maximum absolute atomic E-state index is 12.5. The Balaban J connectivity index is 1.59. The number of carbonyl (C=O) groups is 2. The highest BCUT2D eigenvalue weighted by molar-refractivity contribution is 6.31. The van der Waals surface area contributed by atoms with Gasteiger partial charge in [-0.25, -0.2) is 0 Å². The van der Waals surface area contributed by atoms with Gasteiger partial charge in [-0.05, 0) is 49.7 Å². The van der Waals surface area contributed by atoms with Crippen molar-refractivity contribution in [3.63, 3.8) is 0 Å². The fraction of sp³-hybridized carbons (Fsp3) is 0.333. The van der Waals surface area contributed by atoms with Crippen molar-refractivity contribution in [2.24, 2.45) is 5.92 Å². The summed E-state index contributed by atoms with van der Waals surface area (Å²) in [5.74, 6) is 0.206. The van der Waals surface area contributed by atoms with Crippen LogP contribution in [0.3, 0.4) is 0 Å². The van der Waals surface area contributed by atoms with Crippen molar-refractivity contribution in [2.45, 2.75) is 32.9 Å². The van der Waals surface area contributed by atoms with Crippen molar-refractivity contribution in [3.05, 3.63) is 59.1 Å². The number of rotatable bonds is 6. The quantitative estimate of drug-likeness (QED) is 0.821. The molecule has 2 aromatic carbocycles. The Bertz CT molecular complexity index is 820. The molecule has 1 atom stereocenters. The van der Waals surface area contributed by atoms with Crippen LogP contribution in [-0.2, 0) is 16.1 Å². The normalized spacial score (nSPS) is 16.7. The topological polar surface area (TPSA) is 58.6 Å². The lowest BCUT2D eigenvalue weighted by atomic mass is 10.1. The fourth-order valence-corrected chi connectivity index (χ4v) is 3.28. The number of carbonyl (C=O) groups excluding carboxylic acids is 2. The van der Waals surface area contributed by atoms with E-state index in [4.69, 9.17) is 16.3 Å². The van der Waals surface area contributed by atoms with Crippen LogP contribution in [0.1, 0.15) is 25.8 Å². The van der Waals surface area contributed by atoms with Crippen LogP contribution in [0.5, 0.6) is 5.75 Å². The highest BCUT2D eigenvalue weighted by atomic mass is 35.5. The Morgan fingerprint density at radius 3 is 2.59 bits per heavy atom. The Hall–Kier alpha value is -2.53. The van der Waals surface area contributed by atoms with Crippen LogP contribution in [0.15, 0.2) is 48.5 Å². The third-order valence-electron chi connectivity index (χ3n) is 4.43. The number of hydrogen-bond acceptors (Lipinski definition) is 3. The number of anilines is 1. The summed E-state index contributed by atoms with van der Waals surface area (Å²) >= 11 is 6.11. The van der Waals surface area contributed by atoms with E-state index in [9.17, 15) is 9.59 Å². The summed E-state index contributed by atoms with van der Waals surface area (Å²) in [5.41, 5.74) is 1.63. The molecular weight excluding hydrogens is 364 g/mol. The van der Waals surface area contributed by atoms with E-state index in [1.54, 1.807) is 11.0 Å². The first-order valence-electron chi connectivity index (χ1n) is 9.02. The van der Waals surface area contributed by atoms with Crippen LogP contribution in [0.4, 0.5) is 5.69 Å². The van der Waals surface area contributed by atoms with E-state index in [0.717, 1.165) is 17.0 Å². The number of amides is 2. The maximum Gasteiger partial charge on any atom is 0.227 e. The Kier molecular flexibility index (Phi) is 6.01. The summed E-state index contributed by atoms with van der Waals surface area (Å²) in [6, 6.07) is 14.8. The van der Waals surface area contributed by atoms with Crippen LogP contribution in [0.2, 0.25) is 5.02 Å². The number of hydrogen-bond donors (Lipinski definition) is 1. The van der Waals surface area contributed by atoms with Crippen molar-refractivity contribution < 1.29 is 14.3 Å². The smallest absolute Gasteiger partial charge is 0.227 e. The third kappa shape index (κ3) is 4.80. The largest absolute Gasteiger partial charge is 0.491 e. The summed E-state index contributed by atoms with van der Waals surface area (Å²) in [5, 5.41) is 3.50. The Morgan fingerprint density at radius 2 is 1.93 bits per heavy atom. The molecule has 27 heavy (non-hydrogen) atoms. The van der Waals surface area contributed by atoms with Gasteiger partial charge in [-0.2, -0.15) is 0 Å². The molecule has 1 fully saturated rings. The molecule has 0 spiro atoms. The minimum Gasteiger partial charge on any atom is -0.491 e. The van der Waals surface area contributed by atoms with Crippen LogP contribution in [-0.4, -0.2) is 24.5 Å². The summed E-state index contributed by atoms with van der Waals surface area (Å²) < 4.78 is 5.62. The molecule has 3 rings (SSSR count). The number of ether oxygens (including phenoxy) is 1. The van der Waals surface area contributed by atoms with Gasteiger partial charge >= 0.3 is 0 Å². The van der Waals surface area contributed by atoms with Gasteiger partial charge in [0.2, 0.25) is 11.8 Å². The molecule has 1 aliphatic heterocycles. The lowest BCUT2D eigenvalue weighted by Gasteiger charge is -2.18. The highest BCUT2D eigenvalue weighted by Crippen LogP contribution is 2.27. The second-order valence-corrected chi connectivity index (χ2v) is 7.28. The lowest BCUT2D eigenvalue weighted by molar-refractivity contribution is -0.126. The molecule has 6 heteroatoms. The van der Waals surface area contributed by atoms with Gasteiger partial charge in [-0.1, -0.05) is 29.8 Å². The van der Waals surface area contributed by atoms with Crippen molar-refractivity contribution in [1.82, 2.24) is 5.32 Å². The van der Waals surface area contributed by atoms with E-state index < -0.39 is 0 Å². The minimum absolute atomic E-state index is 0.0505. The average molecular weight is 387 g/mol. The molecule has 2 amide bonds. The third-order valence-corrected chi connectivity index (χ3v) is 4.80. The number of nitrogens with zero attached hydrogens (tertiary/aromatic N) is 1. The molecule has 1 aliphatic rings. The van der Waals surface area contributed by atoms with Gasteiger partial charge in [0, 0.05) is 30.2 Å². The van der Waals surface area contributed by atoms with Crippen LogP contribution < -0.4 is 15.0 Å². The molecule has 2 aromatic rings. The van der Waals surface area contributed by atoms with Gasteiger partial charge in [0.25, 0.3) is 0 Å². The monoisotopic (exact) mass is 386 g/mol. The average Bonchev–Trinajstić information content (AvgIpc) is 3.03. The van der Waals surface area contributed by atoms with Crippen LogP contribution in [0.25, 0.3) is 0 Å². The van der Waals surface area contributed by atoms with Gasteiger partial charge in [-0.15, -0.1) is 0 Å². The van der Waals surface area contributed by atoms with E-state index in [0.29, 0.717) is 18.1 Å². The molecule has 5 nitrogen and oxygen atoms in total. The van der Waals surface area contributed by atoms with Gasteiger partial charge in [0.1, 0.15) is 5.75 Å². The first-order chi connectivity index (χ1) is 12.9. The molecule has 0 saturated carbocycles. The maximum atomic E-state index is 12.5. The van der Waals surface area contributed by atoms with E-state index in [2.05, 4.69) is 5.32 Å². The predicted octanol–water partition coefficient (Wildman–Crippen LogP) is 3.80. The van der Waals surface area contributed by atoms with Gasteiger partial charge in [0.05, 0.1) is 12.0 Å². The zero-order chi connectivity index (χ0) is 19.4.